The van der Waals surface area contributed by atoms with Crippen molar-refractivity contribution in [3.05, 3.63) is 34.9 Å². The third kappa shape index (κ3) is 3.47. The Balaban J connectivity index is 2.04. The summed E-state index contributed by atoms with van der Waals surface area (Å²) in [4.78, 5) is 14.2. The molecule has 1 saturated heterocycles. The SMILES string of the molecule is O=C(c1ccc(Cl)cc1)N1CCCCCCC1. The van der Waals surface area contributed by atoms with E-state index in [1.54, 1.807) is 12.1 Å². The van der Waals surface area contributed by atoms with Crippen molar-refractivity contribution in [3.63, 3.8) is 0 Å². The maximum Gasteiger partial charge on any atom is 0.253 e. The molecule has 0 N–H and O–H groups in total. The Labute approximate surface area is 108 Å². The normalized spacial score (nSPS) is 17.4. The monoisotopic (exact) mass is 251 g/mol. The lowest BCUT2D eigenvalue weighted by Crippen LogP contribution is -2.33. The highest BCUT2D eigenvalue weighted by Gasteiger charge is 2.16. The second-order valence-corrected chi connectivity index (χ2v) is 5.00. The Hall–Kier alpha value is -1.02. The van der Waals surface area contributed by atoms with Gasteiger partial charge in [-0.1, -0.05) is 30.9 Å². The molecule has 2 nitrogen and oxygen atoms in total. The van der Waals surface area contributed by atoms with Gasteiger partial charge in [0.1, 0.15) is 0 Å². The van der Waals surface area contributed by atoms with Crippen LogP contribution >= 0.6 is 11.6 Å². The van der Waals surface area contributed by atoms with E-state index in [-0.39, 0.29) is 5.91 Å². The predicted octanol–water partition coefficient (Wildman–Crippen LogP) is 3.75. The molecule has 1 aromatic carbocycles. The van der Waals surface area contributed by atoms with Crippen LogP contribution < -0.4 is 0 Å². The largest absolute Gasteiger partial charge is 0.339 e. The molecule has 1 amide bonds. The van der Waals surface area contributed by atoms with Gasteiger partial charge in [0.25, 0.3) is 5.91 Å². The zero-order chi connectivity index (χ0) is 12.1. The topological polar surface area (TPSA) is 20.3 Å². The average molecular weight is 252 g/mol. The highest BCUT2D eigenvalue weighted by atomic mass is 35.5. The second kappa shape index (κ2) is 6.06. The van der Waals surface area contributed by atoms with Crippen LogP contribution in [0.15, 0.2) is 24.3 Å². The molecule has 1 aliphatic rings. The van der Waals surface area contributed by atoms with Crippen LogP contribution in [0.25, 0.3) is 0 Å². The molecule has 1 aliphatic heterocycles. The van der Waals surface area contributed by atoms with Gasteiger partial charge in [-0.2, -0.15) is 0 Å². The molecular formula is C14H18ClNO. The number of carbonyl (C=O) groups excluding carboxylic acids is 1. The molecule has 92 valence electrons. The van der Waals surface area contributed by atoms with E-state index in [0.717, 1.165) is 31.5 Å². The Morgan fingerprint density at radius 2 is 1.47 bits per heavy atom. The number of carbonyl (C=O) groups is 1. The van der Waals surface area contributed by atoms with Crippen LogP contribution in [-0.2, 0) is 0 Å². The number of amides is 1. The minimum atomic E-state index is 0.142. The van der Waals surface area contributed by atoms with Gasteiger partial charge in [-0.25, -0.2) is 0 Å². The number of nitrogens with zero attached hydrogens (tertiary/aromatic N) is 1. The zero-order valence-electron chi connectivity index (χ0n) is 9.99. The smallest absolute Gasteiger partial charge is 0.253 e. The fourth-order valence-corrected chi connectivity index (χ4v) is 2.35. The number of benzene rings is 1. The standard InChI is InChI=1S/C14H18ClNO/c15-13-8-6-12(7-9-13)14(17)16-10-4-2-1-3-5-11-16/h6-9H,1-5,10-11H2. The molecule has 0 spiro atoms. The van der Waals surface area contributed by atoms with Crippen molar-refractivity contribution in [3.8, 4) is 0 Å². The molecule has 17 heavy (non-hydrogen) atoms. The van der Waals surface area contributed by atoms with Crippen LogP contribution in [-0.4, -0.2) is 23.9 Å². The molecule has 0 atom stereocenters. The Morgan fingerprint density at radius 3 is 2.06 bits per heavy atom. The van der Waals surface area contributed by atoms with Gasteiger partial charge in [0.15, 0.2) is 0 Å². The first-order valence-electron chi connectivity index (χ1n) is 6.32. The van der Waals surface area contributed by atoms with E-state index in [1.165, 1.54) is 19.3 Å². The van der Waals surface area contributed by atoms with Gasteiger partial charge in [0.05, 0.1) is 0 Å². The van der Waals surface area contributed by atoms with Crippen LogP contribution in [0.4, 0.5) is 0 Å². The van der Waals surface area contributed by atoms with Crippen LogP contribution in [0.5, 0.6) is 0 Å². The van der Waals surface area contributed by atoms with Crippen LogP contribution in [0.2, 0.25) is 5.02 Å². The van der Waals surface area contributed by atoms with Crippen molar-refractivity contribution in [2.45, 2.75) is 32.1 Å². The quantitative estimate of drug-likeness (QED) is 0.745. The van der Waals surface area contributed by atoms with Crippen LogP contribution in [0.1, 0.15) is 42.5 Å². The van der Waals surface area contributed by atoms with Gasteiger partial charge in [0.2, 0.25) is 0 Å². The van der Waals surface area contributed by atoms with Crippen molar-refractivity contribution in [2.75, 3.05) is 13.1 Å². The van der Waals surface area contributed by atoms with E-state index in [0.29, 0.717) is 5.02 Å². The van der Waals surface area contributed by atoms with Crippen molar-refractivity contribution < 1.29 is 4.79 Å². The summed E-state index contributed by atoms with van der Waals surface area (Å²) in [6, 6.07) is 7.17. The lowest BCUT2D eigenvalue weighted by Gasteiger charge is -2.24. The molecule has 1 heterocycles. The van der Waals surface area contributed by atoms with Gasteiger partial charge in [-0.15, -0.1) is 0 Å². The lowest BCUT2D eigenvalue weighted by molar-refractivity contribution is 0.0742. The maximum absolute atomic E-state index is 12.3. The summed E-state index contributed by atoms with van der Waals surface area (Å²) in [5.74, 6) is 0.142. The van der Waals surface area contributed by atoms with Gasteiger partial charge in [0, 0.05) is 23.7 Å². The Kier molecular flexibility index (Phi) is 4.43. The highest BCUT2D eigenvalue weighted by Crippen LogP contribution is 2.15. The molecule has 0 aromatic heterocycles. The van der Waals surface area contributed by atoms with Gasteiger partial charge in [-0.05, 0) is 37.1 Å². The van der Waals surface area contributed by atoms with Gasteiger partial charge in [-0.3, -0.25) is 4.79 Å². The Morgan fingerprint density at radius 1 is 0.941 bits per heavy atom. The fraction of sp³-hybridized carbons (Fsp3) is 0.500. The van der Waals surface area contributed by atoms with Crippen molar-refractivity contribution >= 4 is 17.5 Å². The molecule has 1 aromatic rings. The molecule has 0 saturated carbocycles. The van der Waals surface area contributed by atoms with E-state index in [4.69, 9.17) is 11.6 Å². The minimum Gasteiger partial charge on any atom is -0.339 e. The number of rotatable bonds is 1. The average Bonchev–Trinajstić information content (AvgIpc) is 2.29. The van der Waals surface area contributed by atoms with Crippen LogP contribution in [0.3, 0.4) is 0 Å². The summed E-state index contributed by atoms with van der Waals surface area (Å²) in [5, 5.41) is 0.675. The van der Waals surface area contributed by atoms with Gasteiger partial charge < -0.3 is 4.90 Å². The number of hydrogen-bond acceptors (Lipinski definition) is 1. The van der Waals surface area contributed by atoms with E-state index >= 15 is 0 Å². The van der Waals surface area contributed by atoms with E-state index in [1.807, 2.05) is 17.0 Å². The molecule has 0 radical (unpaired) electrons. The molecule has 1 fully saturated rings. The molecule has 0 bridgehead atoms. The van der Waals surface area contributed by atoms with E-state index in [2.05, 4.69) is 0 Å². The molecule has 3 heteroatoms. The van der Waals surface area contributed by atoms with E-state index < -0.39 is 0 Å². The van der Waals surface area contributed by atoms with E-state index in [9.17, 15) is 4.79 Å². The third-order valence-corrected chi connectivity index (χ3v) is 3.49. The lowest BCUT2D eigenvalue weighted by atomic mass is 10.1. The molecule has 0 aliphatic carbocycles. The molecule has 2 rings (SSSR count). The summed E-state index contributed by atoms with van der Waals surface area (Å²) in [6.45, 7) is 1.78. The summed E-state index contributed by atoms with van der Waals surface area (Å²) < 4.78 is 0. The van der Waals surface area contributed by atoms with Crippen molar-refractivity contribution in [1.82, 2.24) is 4.90 Å². The minimum absolute atomic E-state index is 0.142. The third-order valence-electron chi connectivity index (χ3n) is 3.23. The predicted molar refractivity (Wildman–Crippen MR) is 70.4 cm³/mol. The maximum atomic E-state index is 12.3. The first-order valence-corrected chi connectivity index (χ1v) is 6.70. The molecular weight excluding hydrogens is 234 g/mol. The highest BCUT2D eigenvalue weighted by molar-refractivity contribution is 6.30. The van der Waals surface area contributed by atoms with Crippen molar-refractivity contribution in [2.24, 2.45) is 0 Å². The fourth-order valence-electron chi connectivity index (χ4n) is 2.23. The van der Waals surface area contributed by atoms with Crippen molar-refractivity contribution in [1.29, 1.82) is 0 Å². The van der Waals surface area contributed by atoms with Crippen LogP contribution in [0, 0.1) is 0 Å². The Bertz CT molecular complexity index is 366. The number of halogens is 1. The summed E-state index contributed by atoms with van der Waals surface area (Å²) in [5.41, 5.74) is 0.745. The summed E-state index contributed by atoms with van der Waals surface area (Å²) in [6.07, 6.45) is 6.04. The summed E-state index contributed by atoms with van der Waals surface area (Å²) >= 11 is 5.82. The first kappa shape index (κ1) is 12.4. The number of likely N-dealkylation sites (tertiary alicyclic amines) is 1. The molecule has 0 unspecified atom stereocenters. The second-order valence-electron chi connectivity index (χ2n) is 4.57. The first-order chi connectivity index (χ1) is 8.27. The number of hydrogen-bond donors (Lipinski definition) is 0. The summed E-state index contributed by atoms with van der Waals surface area (Å²) in [7, 11) is 0. The van der Waals surface area contributed by atoms with Gasteiger partial charge >= 0.3 is 0 Å². The zero-order valence-corrected chi connectivity index (χ0v) is 10.7.